The first-order valence-electron chi connectivity index (χ1n) is 9.91. The minimum Gasteiger partial charge on any atom is -0.303 e. The van der Waals surface area contributed by atoms with Gasteiger partial charge in [0.1, 0.15) is 5.82 Å². The Morgan fingerprint density at radius 2 is 2.04 bits per heavy atom. The van der Waals surface area contributed by atoms with Crippen LogP contribution in [0.5, 0.6) is 0 Å². The summed E-state index contributed by atoms with van der Waals surface area (Å²) in [6, 6.07) is 12.0. The molecule has 1 unspecified atom stereocenters. The van der Waals surface area contributed by atoms with Crippen molar-refractivity contribution < 1.29 is 0 Å². The van der Waals surface area contributed by atoms with Gasteiger partial charge in [0, 0.05) is 18.0 Å². The number of piperidine rings is 1. The van der Waals surface area contributed by atoms with E-state index >= 15 is 0 Å². The van der Waals surface area contributed by atoms with Crippen LogP contribution in [0.2, 0.25) is 0 Å². The van der Waals surface area contributed by atoms with Gasteiger partial charge in [-0.1, -0.05) is 36.4 Å². The fraction of sp³-hybridized carbons (Fsp3) is 0.409. The summed E-state index contributed by atoms with van der Waals surface area (Å²) < 4.78 is 1.66. The van der Waals surface area contributed by atoms with Gasteiger partial charge in [-0.2, -0.15) is 0 Å². The largest absolute Gasteiger partial charge is 0.303 e. The second-order valence-electron chi connectivity index (χ2n) is 7.51. The number of benzene rings is 1. The van der Waals surface area contributed by atoms with Crippen LogP contribution in [0.1, 0.15) is 31.2 Å². The second-order valence-corrected chi connectivity index (χ2v) is 8.58. The van der Waals surface area contributed by atoms with E-state index in [1.54, 1.807) is 22.5 Å². The number of rotatable bonds is 5. The summed E-state index contributed by atoms with van der Waals surface area (Å²) in [5.74, 6) is 1.57. The van der Waals surface area contributed by atoms with E-state index < -0.39 is 0 Å². The van der Waals surface area contributed by atoms with Gasteiger partial charge < -0.3 is 4.90 Å². The number of hydrogen-bond donors (Lipinski definition) is 0. The highest BCUT2D eigenvalue weighted by Crippen LogP contribution is 2.24. The molecule has 3 aromatic rings. The van der Waals surface area contributed by atoms with Crippen LogP contribution >= 0.6 is 11.8 Å². The van der Waals surface area contributed by atoms with Gasteiger partial charge in [0.05, 0.1) is 10.9 Å². The van der Waals surface area contributed by atoms with E-state index in [2.05, 4.69) is 16.9 Å². The Balaban J connectivity index is 1.66. The molecule has 1 aliphatic rings. The standard InChI is InChI=1S/C22H26N4OS/c1-16-10-11-20(23-15-16)26-21(27)18-8-3-4-9-19(18)24-22(26)28-14-12-17-7-5-6-13-25(17)2/h3-4,8-11,15,17H,5-7,12-14H2,1-2H3. The summed E-state index contributed by atoms with van der Waals surface area (Å²) in [5.41, 5.74) is 1.76. The van der Waals surface area contributed by atoms with E-state index in [0.717, 1.165) is 28.4 Å². The third kappa shape index (κ3) is 3.98. The Morgan fingerprint density at radius 3 is 2.82 bits per heavy atom. The summed E-state index contributed by atoms with van der Waals surface area (Å²) in [7, 11) is 2.22. The maximum Gasteiger partial charge on any atom is 0.267 e. The number of thioether (sulfide) groups is 1. The van der Waals surface area contributed by atoms with Crippen molar-refractivity contribution in [3.05, 3.63) is 58.5 Å². The number of nitrogens with zero attached hydrogens (tertiary/aromatic N) is 4. The third-order valence-electron chi connectivity index (χ3n) is 5.47. The molecule has 0 amide bonds. The zero-order valence-corrected chi connectivity index (χ0v) is 17.3. The molecule has 28 heavy (non-hydrogen) atoms. The zero-order valence-electron chi connectivity index (χ0n) is 16.5. The topological polar surface area (TPSA) is 51.0 Å². The Labute approximate surface area is 169 Å². The summed E-state index contributed by atoms with van der Waals surface area (Å²) >= 11 is 1.66. The Hall–Kier alpha value is -2.18. The quantitative estimate of drug-likeness (QED) is 0.483. The molecule has 0 spiro atoms. The van der Waals surface area contributed by atoms with E-state index in [1.807, 2.05) is 43.3 Å². The lowest BCUT2D eigenvalue weighted by Crippen LogP contribution is -2.36. The smallest absolute Gasteiger partial charge is 0.267 e. The van der Waals surface area contributed by atoms with Gasteiger partial charge in [-0.3, -0.25) is 4.79 Å². The molecule has 0 radical (unpaired) electrons. The molecule has 0 bridgehead atoms. The lowest BCUT2D eigenvalue weighted by Gasteiger charge is -2.32. The van der Waals surface area contributed by atoms with Gasteiger partial charge in [-0.15, -0.1) is 0 Å². The highest BCUT2D eigenvalue weighted by molar-refractivity contribution is 7.99. The van der Waals surface area contributed by atoms with Gasteiger partial charge >= 0.3 is 0 Å². The van der Waals surface area contributed by atoms with Crippen molar-refractivity contribution in [2.45, 2.75) is 43.8 Å². The van der Waals surface area contributed by atoms with Crippen molar-refractivity contribution in [1.29, 1.82) is 0 Å². The molecule has 1 aliphatic heterocycles. The number of hydrogen-bond acceptors (Lipinski definition) is 5. The Kier molecular flexibility index (Phi) is 5.78. The lowest BCUT2D eigenvalue weighted by atomic mass is 10.0. The van der Waals surface area contributed by atoms with Crippen LogP contribution in [-0.2, 0) is 0 Å². The Morgan fingerprint density at radius 1 is 1.18 bits per heavy atom. The highest BCUT2D eigenvalue weighted by atomic mass is 32.2. The average Bonchev–Trinajstić information content (AvgIpc) is 2.71. The maximum absolute atomic E-state index is 13.2. The van der Waals surface area contributed by atoms with Gasteiger partial charge in [0.25, 0.3) is 5.56 Å². The summed E-state index contributed by atoms with van der Waals surface area (Å²) in [6.07, 6.45) is 6.76. The molecular weight excluding hydrogens is 368 g/mol. The first kappa shape index (κ1) is 19.2. The van der Waals surface area contributed by atoms with Crippen molar-refractivity contribution in [1.82, 2.24) is 19.4 Å². The predicted molar refractivity (Wildman–Crippen MR) is 115 cm³/mol. The van der Waals surface area contributed by atoms with Crippen molar-refractivity contribution in [3.63, 3.8) is 0 Å². The molecule has 0 saturated carbocycles. The second kappa shape index (κ2) is 8.45. The van der Waals surface area contributed by atoms with Crippen LogP contribution in [0.4, 0.5) is 0 Å². The molecule has 5 nitrogen and oxygen atoms in total. The minimum absolute atomic E-state index is 0.0563. The number of pyridine rings is 1. The number of fused-ring (bicyclic) bond motifs is 1. The number of likely N-dealkylation sites (tertiary alicyclic amines) is 1. The Bertz CT molecular complexity index is 1020. The van der Waals surface area contributed by atoms with Crippen LogP contribution in [0.15, 0.2) is 52.5 Å². The van der Waals surface area contributed by atoms with Crippen molar-refractivity contribution in [2.75, 3.05) is 19.3 Å². The molecule has 1 atom stereocenters. The van der Waals surface area contributed by atoms with E-state index in [4.69, 9.17) is 4.98 Å². The molecule has 146 valence electrons. The average molecular weight is 395 g/mol. The van der Waals surface area contributed by atoms with Gasteiger partial charge in [-0.05, 0) is 63.5 Å². The van der Waals surface area contributed by atoms with E-state index in [9.17, 15) is 4.79 Å². The molecule has 0 N–H and O–H groups in total. The molecule has 1 saturated heterocycles. The normalized spacial score (nSPS) is 17.9. The van der Waals surface area contributed by atoms with Crippen LogP contribution < -0.4 is 5.56 Å². The molecule has 4 rings (SSSR count). The summed E-state index contributed by atoms with van der Waals surface area (Å²) in [6.45, 7) is 3.18. The molecule has 3 heterocycles. The highest BCUT2D eigenvalue weighted by Gasteiger charge is 2.19. The van der Waals surface area contributed by atoms with Gasteiger partial charge in [-0.25, -0.2) is 14.5 Å². The van der Waals surface area contributed by atoms with E-state index in [-0.39, 0.29) is 5.56 Å². The van der Waals surface area contributed by atoms with Crippen molar-refractivity contribution in [2.24, 2.45) is 0 Å². The molecule has 1 fully saturated rings. The first-order valence-corrected chi connectivity index (χ1v) is 10.9. The predicted octanol–water partition coefficient (Wildman–Crippen LogP) is 4.06. The molecular formula is C22H26N4OS. The molecule has 6 heteroatoms. The SMILES string of the molecule is Cc1ccc(-n2c(SCCC3CCCCN3C)nc3ccccc3c2=O)nc1. The zero-order chi connectivity index (χ0) is 19.5. The van der Waals surface area contributed by atoms with Gasteiger partial charge in [0.2, 0.25) is 0 Å². The fourth-order valence-electron chi connectivity index (χ4n) is 3.80. The molecule has 2 aromatic heterocycles. The maximum atomic E-state index is 13.2. The van der Waals surface area contributed by atoms with Crippen LogP contribution in [0.25, 0.3) is 16.7 Å². The molecule has 1 aromatic carbocycles. The van der Waals surface area contributed by atoms with Crippen LogP contribution in [0, 0.1) is 6.92 Å². The minimum atomic E-state index is -0.0563. The molecule has 0 aliphatic carbocycles. The summed E-state index contributed by atoms with van der Waals surface area (Å²) in [4.78, 5) is 25.0. The lowest BCUT2D eigenvalue weighted by molar-refractivity contribution is 0.182. The van der Waals surface area contributed by atoms with E-state index in [1.165, 1.54) is 25.8 Å². The summed E-state index contributed by atoms with van der Waals surface area (Å²) in [5, 5.41) is 1.35. The van der Waals surface area contributed by atoms with E-state index in [0.29, 0.717) is 17.2 Å². The monoisotopic (exact) mass is 394 g/mol. The number of aryl methyl sites for hydroxylation is 1. The van der Waals surface area contributed by atoms with Gasteiger partial charge in [0.15, 0.2) is 5.16 Å². The third-order valence-corrected chi connectivity index (χ3v) is 6.45. The number of para-hydroxylation sites is 1. The van der Waals surface area contributed by atoms with Crippen LogP contribution in [0.3, 0.4) is 0 Å². The van der Waals surface area contributed by atoms with Crippen molar-refractivity contribution in [3.8, 4) is 5.82 Å². The van der Waals surface area contributed by atoms with Crippen LogP contribution in [-0.4, -0.2) is 44.8 Å². The first-order chi connectivity index (χ1) is 13.6. The fourth-order valence-corrected chi connectivity index (χ4v) is 4.84. The number of aromatic nitrogens is 3. The van der Waals surface area contributed by atoms with Crippen molar-refractivity contribution >= 4 is 22.7 Å².